The molecular weight excluding hydrogens is 576 g/mol. The molecule has 0 amide bonds. The third kappa shape index (κ3) is 4.93. The molecule has 0 unspecified atom stereocenters. The quantitative estimate of drug-likeness (QED) is 0.101. The summed E-state index contributed by atoms with van der Waals surface area (Å²) in [6, 6.07) is 6.12. The van der Waals surface area contributed by atoms with Gasteiger partial charge < -0.3 is 14.0 Å². The average Bonchev–Trinajstić information content (AvgIpc) is 3.23. The molecule has 0 bridgehead atoms. The minimum Gasteiger partial charge on any atom is -0.416 e. The highest BCUT2D eigenvalue weighted by Crippen LogP contribution is 2.42. The highest BCUT2D eigenvalue weighted by Gasteiger charge is 2.60. The standard InChI is InChI=1S/C29H28F8N2O3/c1-3-18(15-8-10-16(11-9-15)38-28(12-41-13-28)29(35,36)37)39-14(2)20(17-6-4-5-7-19(17)39)27(40)42-26-24(33)22(31)21(30)23(32)25(26)34/h4-7,15-16,18,38H,3,8-13H2,1-2H3/t15?,16?,18-/m1/s1. The fourth-order valence-electron chi connectivity index (χ4n) is 6.30. The zero-order valence-corrected chi connectivity index (χ0v) is 22.7. The van der Waals surface area contributed by atoms with Gasteiger partial charge in [-0.25, -0.2) is 18.0 Å². The van der Waals surface area contributed by atoms with E-state index < -0.39 is 65.7 Å². The number of carbonyl (C=O) groups excluding carboxylic acids is 1. The van der Waals surface area contributed by atoms with E-state index in [0.29, 0.717) is 48.7 Å². The molecule has 1 aromatic heterocycles. The summed E-state index contributed by atoms with van der Waals surface area (Å²) in [5, 5.41) is 3.13. The van der Waals surface area contributed by atoms with Gasteiger partial charge in [0.25, 0.3) is 0 Å². The summed E-state index contributed by atoms with van der Waals surface area (Å²) in [7, 11) is 0. The van der Waals surface area contributed by atoms with E-state index in [1.807, 2.05) is 11.5 Å². The number of ether oxygens (including phenoxy) is 2. The van der Waals surface area contributed by atoms with Gasteiger partial charge in [-0.05, 0) is 51.0 Å². The number of benzene rings is 2. The van der Waals surface area contributed by atoms with Crippen molar-refractivity contribution >= 4 is 16.9 Å². The van der Waals surface area contributed by atoms with Crippen molar-refractivity contribution in [2.24, 2.45) is 5.92 Å². The van der Waals surface area contributed by atoms with E-state index in [0.717, 1.165) is 0 Å². The minimum absolute atomic E-state index is 0.0288. The highest BCUT2D eigenvalue weighted by atomic mass is 19.4. The Morgan fingerprint density at radius 1 is 1.00 bits per heavy atom. The van der Waals surface area contributed by atoms with Crippen LogP contribution in [-0.2, 0) is 4.74 Å². The zero-order chi connectivity index (χ0) is 30.6. The molecule has 228 valence electrons. The Morgan fingerprint density at radius 2 is 1.57 bits per heavy atom. The second-order valence-electron chi connectivity index (χ2n) is 10.9. The number of fused-ring (bicyclic) bond motifs is 1. The summed E-state index contributed by atoms with van der Waals surface area (Å²) >= 11 is 0. The van der Waals surface area contributed by atoms with Crippen molar-refractivity contribution in [2.45, 2.75) is 69.8 Å². The van der Waals surface area contributed by atoms with Crippen LogP contribution in [0.25, 0.3) is 10.9 Å². The number of nitrogens with zero attached hydrogens (tertiary/aromatic N) is 1. The lowest BCUT2D eigenvalue weighted by Gasteiger charge is -2.47. The van der Waals surface area contributed by atoms with Crippen LogP contribution in [0.15, 0.2) is 24.3 Å². The topological polar surface area (TPSA) is 52.5 Å². The second kappa shape index (κ2) is 11.1. The van der Waals surface area contributed by atoms with Crippen LogP contribution in [0.3, 0.4) is 0 Å². The van der Waals surface area contributed by atoms with Crippen molar-refractivity contribution in [1.29, 1.82) is 0 Å². The van der Waals surface area contributed by atoms with Crippen LogP contribution in [0.5, 0.6) is 5.75 Å². The summed E-state index contributed by atoms with van der Waals surface area (Å²) in [4.78, 5) is 13.2. The Morgan fingerprint density at radius 3 is 2.10 bits per heavy atom. The van der Waals surface area contributed by atoms with Gasteiger partial charge in [0.05, 0.1) is 18.8 Å². The summed E-state index contributed by atoms with van der Waals surface area (Å²) in [5.74, 6) is -14.3. The lowest BCUT2D eigenvalue weighted by molar-refractivity contribution is -0.270. The van der Waals surface area contributed by atoms with Gasteiger partial charge in [-0.2, -0.15) is 22.0 Å². The average molecular weight is 605 g/mol. The monoisotopic (exact) mass is 604 g/mol. The molecule has 5 nitrogen and oxygen atoms in total. The summed E-state index contributed by atoms with van der Waals surface area (Å²) in [5.41, 5.74) is -1.18. The number of rotatable bonds is 7. The fourth-order valence-corrected chi connectivity index (χ4v) is 6.30. The molecule has 1 atom stereocenters. The Balaban J connectivity index is 1.42. The molecule has 1 N–H and O–H groups in total. The number of carbonyl (C=O) groups is 1. The molecule has 1 aliphatic carbocycles. The van der Waals surface area contributed by atoms with E-state index in [-0.39, 0.29) is 23.6 Å². The van der Waals surface area contributed by atoms with Crippen LogP contribution in [0.1, 0.15) is 61.1 Å². The molecule has 0 radical (unpaired) electrons. The Labute approximate surface area is 235 Å². The number of aromatic nitrogens is 1. The molecule has 2 aliphatic rings. The Kier molecular flexibility index (Phi) is 8.03. The molecule has 1 saturated carbocycles. The van der Waals surface area contributed by atoms with Crippen molar-refractivity contribution in [3.05, 3.63) is 64.6 Å². The number of hydrogen-bond donors (Lipinski definition) is 1. The molecule has 1 saturated heterocycles. The van der Waals surface area contributed by atoms with E-state index in [4.69, 9.17) is 9.47 Å². The number of para-hydroxylation sites is 1. The maximum absolute atomic E-state index is 14.3. The number of hydrogen-bond acceptors (Lipinski definition) is 4. The smallest absolute Gasteiger partial charge is 0.411 e. The van der Waals surface area contributed by atoms with Gasteiger partial charge in [0.2, 0.25) is 34.8 Å². The van der Waals surface area contributed by atoms with Gasteiger partial charge >= 0.3 is 12.1 Å². The van der Waals surface area contributed by atoms with E-state index in [9.17, 15) is 39.9 Å². The maximum atomic E-state index is 14.3. The van der Waals surface area contributed by atoms with Crippen LogP contribution in [0, 0.1) is 41.9 Å². The van der Waals surface area contributed by atoms with Gasteiger partial charge in [0.15, 0.2) is 5.54 Å². The lowest BCUT2D eigenvalue weighted by atomic mass is 9.79. The van der Waals surface area contributed by atoms with E-state index in [2.05, 4.69) is 5.32 Å². The first kappa shape index (κ1) is 30.3. The Hall–Kier alpha value is -3.19. The second-order valence-corrected chi connectivity index (χ2v) is 10.9. The third-order valence-corrected chi connectivity index (χ3v) is 8.51. The van der Waals surface area contributed by atoms with Gasteiger partial charge in [0.1, 0.15) is 0 Å². The lowest BCUT2D eigenvalue weighted by Crippen LogP contribution is -2.71. The SMILES string of the molecule is CC[C@H](C1CCC(NC2(C(F)(F)F)COC2)CC1)n1c(C)c(C(=O)Oc2c(F)c(F)c(F)c(F)c2F)c2ccccc21. The Bertz CT molecular complexity index is 1480. The molecular formula is C29H28F8N2O3. The van der Waals surface area contributed by atoms with Crippen molar-refractivity contribution in [3.63, 3.8) is 0 Å². The molecule has 42 heavy (non-hydrogen) atoms. The molecule has 2 fully saturated rings. The van der Waals surface area contributed by atoms with Gasteiger partial charge in [-0.3, -0.25) is 5.32 Å². The number of halogens is 8. The highest BCUT2D eigenvalue weighted by molar-refractivity contribution is 6.06. The number of alkyl halides is 3. The van der Waals surface area contributed by atoms with Crippen LogP contribution >= 0.6 is 0 Å². The van der Waals surface area contributed by atoms with Crippen molar-refractivity contribution in [2.75, 3.05) is 13.2 Å². The summed E-state index contributed by atoms with van der Waals surface area (Å²) < 4.78 is 122. The molecule has 2 aromatic carbocycles. The van der Waals surface area contributed by atoms with Gasteiger partial charge in [-0.15, -0.1) is 0 Å². The minimum atomic E-state index is -4.43. The van der Waals surface area contributed by atoms with Crippen LogP contribution in [0.2, 0.25) is 0 Å². The van der Waals surface area contributed by atoms with Gasteiger partial charge in [0, 0.05) is 28.7 Å². The first-order valence-corrected chi connectivity index (χ1v) is 13.6. The first-order chi connectivity index (χ1) is 19.8. The molecule has 3 aromatic rings. The van der Waals surface area contributed by atoms with Crippen LogP contribution in [-0.4, -0.2) is 41.5 Å². The number of esters is 1. The molecule has 5 rings (SSSR count). The van der Waals surface area contributed by atoms with Crippen LogP contribution < -0.4 is 10.1 Å². The van der Waals surface area contributed by atoms with Gasteiger partial charge in [-0.1, -0.05) is 25.1 Å². The molecule has 0 spiro atoms. The normalized spacial score (nSPS) is 21.3. The van der Waals surface area contributed by atoms with Crippen LogP contribution in [0.4, 0.5) is 35.1 Å². The maximum Gasteiger partial charge on any atom is 0.411 e. The summed E-state index contributed by atoms with van der Waals surface area (Å²) in [6.45, 7) is 2.67. The molecule has 1 aliphatic heterocycles. The fraction of sp³-hybridized carbons (Fsp3) is 0.483. The molecule has 2 heterocycles. The third-order valence-electron chi connectivity index (χ3n) is 8.51. The summed E-state index contributed by atoms with van der Waals surface area (Å²) in [6.07, 6.45) is -1.66. The predicted molar refractivity (Wildman–Crippen MR) is 136 cm³/mol. The van der Waals surface area contributed by atoms with E-state index >= 15 is 0 Å². The number of nitrogens with one attached hydrogen (secondary N) is 1. The molecule has 13 heteroatoms. The predicted octanol–water partition coefficient (Wildman–Crippen LogP) is 7.30. The van der Waals surface area contributed by atoms with E-state index in [1.54, 1.807) is 31.2 Å². The van der Waals surface area contributed by atoms with Crippen molar-refractivity contribution in [3.8, 4) is 5.75 Å². The first-order valence-electron chi connectivity index (χ1n) is 13.6. The van der Waals surface area contributed by atoms with Crippen molar-refractivity contribution < 1.29 is 49.4 Å². The largest absolute Gasteiger partial charge is 0.416 e. The zero-order valence-electron chi connectivity index (χ0n) is 22.7. The van der Waals surface area contributed by atoms with E-state index in [1.165, 1.54) is 0 Å². The van der Waals surface area contributed by atoms with Crippen molar-refractivity contribution in [1.82, 2.24) is 9.88 Å².